The summed E-state index contributed by atoms with van der Waals surface area (Å²) in [5.41, 5.74) is 2.83. The molecule has 0 spiro atoms. The van der Waals surface area contributed by atoms with Crippen molar-refractivity contribution in [3.05, 3.63) is 29.3 Å². The van der Waals surface area contributed by atoms with Crippen LogP contribution in [0.2, 0.25) is 0 Å². The van der Waals surface area contributed by atoms with Gasteiger partial charge in [-0.25, -0.2) is 0 Å². The second-order valence-electron chi connectivity index (χ2n) is 5.51. The molecule has 0 saturated heterocycles. The lowest BCUT2D eigenvalue weighted by molar-refractivity contribution is 0.270. The zero-order chi connectivity index (χ0) is 13.2. The molecule has 100 valence electrons. The first-order valence-corrected chi connectivity index (χ1v) is 7.35. The summed E-state index contributed by atoms with van der Waals surface area (Å²) in [5, 5.41) is 0.135. The van der Waals surface area contributed by atoms with Crippen molar-refractivity contribution >= 4 is 11.6 Å². The maximum absolute atomic E-state index is 6.83. The lowest BCUT2D eigenvalue weighted by Gasteiger charge is -2.34. The highest BCUT2D eigenvalue weighted by Crippen LogP contribution is 2.53. The Kier molecular flexibility index (Phi) is 4.21. The van der Waals surface area contributed by atoms with Gasteiger partial charge in [-0.2, -0.15) is 0 Å². The predicted molar refractivity (Wildman–Crippen MR) is 77.5 cm³/mol. The molecule has 2 heteroatoms. The van der Waals surface area contributed by atoms with Crippen molar-refractivity contribution in [3.63, 3.8) is 0 Å². The Bertz CT molecular complexity index is 408. The van der Waals surface area contributed by atoms with Crippen LogP contribution in [-0.4, -0.2) is 7.11 Å². The van der Waals surface area contributed by atoms with Gasteiger partial charge < -0.3 is 4.74 Å². The van der Waals surface area contributed by atoms with E-state index in [-0.39, 0.29) is 5.38 Å². The van der Waals surface area contributed by atoms with Gasteiger partial charge in [-0.1, -0.05) is 25.8 Å². The van der Waals surface area contributed by atoms with Gasteiger partial charge in [-0.05, 0) is 54.9 Å². The van der Waals surface area contributed by atoms with Crippen LogP contribution in [0.25, 0.3) is 0 Å². The average Bonchev–Trinajstić information content (AvgIpc) is 2.87. The molecule has 0 N–H and O–H groups in total. The van der Waals surface area contributed by atoms with Crippen molar-refractivity contribution in [3.8, 4) is 5.75 Å². The number of hydrogen-bond donors (Lipinski definition) is 0. The maximum Gasteiger partial charge on any atom is 0.119 e. The summed E-state index contributed by atoms with van der Waals surface area (Å²) in [7, 11) is 1.71. The Morgan fingerprint density at radius 1 is 1.33 bits per heavy atom. The molecule has 0 bridgehead atoms. The molecular formula is C16H23ClO. The van der Waals surface area contributed by atoms with Gasteiger partial charge in [-0.3, -0.25) is 0 Å². The number of benzene rings is 1. The summed E-state index contributed by atoms with van der Waals surface area (Å²) < 4.78 is 5.26. The Morgan fingerprint density at radius 3 is 2.50 bits per heavy atom. The van der Waals surface area contributed by atoms with E-state index in [1.165, 1.54) is 43.2 Å². The molecule has 1 atom stereocenters. The van der Waals surface area contributed by atoms with Crippen molar-refractivity contribution < 1.29 is 4.74 Å². The molecule has 1 fully saturated rings. The van der Waals surface area contributed by atoms with Crippen molar-refractivity contribution in [2.45, 2.75) is 51.3 Å². The number of ether oxygens (including phenoxy) is 1. The highest BCUT2D eigenvalue weighted by atomic mass is 35.5. The Hall–Kier alpha value is -0.690. The van der Waals surface area contributed by atoms with Crippen LogP contribution in [0.1, 0.15) is 55.5 Å². The molecule has 18 heavy (non-hydrogen) atoms. The van der Waals surface area contributed by atoms with Crippen LogP contribution < -0.4 is 4.74 Å². The molecule has 1 saturated carbocycles. The van der Waals surface area contributed by atoms with Gasteiger partial charge in [0.15, 0.2) is 0 Å². The molecule has 0 radical (unpaired) electrons. The van der Waals surface area contributed by atoms with Gasteiger partial charge >= 0.3 is 0 Å². The minimum absolute atomic E-state index is 0.135. The summed E-state index contributed by atoms with van der Waals surface area (Å²) in [4.78, 5) is 0. The first kappa shape index (κ1) is 13.7. The SMILES string of the molecule is CCC1(C(Cl)c2ccc(OC)cc2C)CCCC1. The van der Waals surface area contributed by atoms with E-state index in [0.29, 0.717) is 5.41 Å². The molecule has 0 aliphatic heterocycles. The standard InChI is InChI=1S/C16H23ClO/c1-4-16(9-5-6-10-16)15(17)14-8-7-13(18-3)11-12(14)2/h7-8,11,15H,4-6,9-10H2,1-3H3. The van der Waals surface area contributed by atoms with Crippen LogP contribution in [0.5, 0.6) is 5.75 Å². The van der Waals surface area contributed by atoms with Crippen LogP contribution in [0.4, 0.5) is 0 Å². The number of halogens is 1. The monoisotopic (exact) mass is 266 g/mol. The molecular weight excluding hydrogens is 244 g/mol. The van der Waals surface area contributed by atoms with E-state index in [4.69, 9.17) is 16.3 Å². The summed E-state index contributed by atoms with van der Waals surface area (Å²) in [6.07, 6.45) is 6.36. The van der Waals surface area contributed by atoms with Crippen molar-refractivity contribution in [2.75, 3.05) is 7.11 Å². The molecule has 1 aromatic carbocycles. The summed E-state index contributed by atoms with van der Waals surface area (Å²) in [5.74, 6) is 0.914. The van der Waals surface area contributed by atoms with E-state index in [2.05, 4.69) is 26.0 Å². The van der Waals surface area contributed by atoms with Crippen LogP contribution in [0.15, 0.2) is 18.2 Å². The predicted octanol–water partition coefficient (Wildman–Crippen LogP) is 5.25. The third-order valence-electron chi connectivity index (χ3n) is 4.59. The van der Waals surface area contributed by atoms with E-state index in [0.717, 1.165) is 5.75 Å². The topological polar surface area (TPSA) is 9.23 Å². The zero-order valence-electron chi connectivity index (χ0n) is 11.6. The first-order valence-electron chi connectivity index (χ1n) is 6.91. The Morgan fingerprint density at radius 2 is 2.00 bits per heavy atom. The summed E-state index contributed by atoms with van der Waals surface area (Å²) >= 11 is 6.83. The van der Waals surface area contributed by atoms with Crippen molar-refractivity contribution in [1.29, 1.82) is 0 Å². The second-order valence-corrected chi connectivity index (χ2v) is 5.94. The smallest absolute Gasteiger partial charge is 0.119 e. The highest BCUT2D eigenvalue weighted by molar-refractivity contribution is 6.21. The second kappa shape index (κ2) is 5.52. The minimum atomic E-state index is 0.135. The van der Waals surface area contributed by atoms with Crippen molar-refractivity contribution in [2.24, 2.45) is 5.41 Å². The first-order chi connectivity index (χ1) is 8.63. The molecule has 1 unspecified atom stereocenters. The van der Waals surface area contributed by atoms with E-state index < -0.39 is 0 Å². The van der Waals surface area contributed by atoms with Crippen LogP contribution in [-0.2, 0) is 0 Å². The molecule has 0 aromatic heterocycles. The molecule has 1 nitrogen and oxygen atoms in total. The lowest BCUT2D eigenvalue weighted by Crippen LogP contribution is -2.22. The van der Waals surface area contributed by atoms with E-state index >= 15 is 0 Å². The van der Waals surface area contributed by atoms with Crippen molar-refractivity contribution in [1.82, 2.24) is 0 Å². The summed E-state index contributed by atoms with van der Waals surface area (Å²) in [6, 6.07) is 6.25. The van der Waals surface area contributed by atoms with Gasteiger partial charge in [-0.15, -0.1) is 11.6 Å². The zero-order valence-corrected chi connectivity index (χ0v) is 12.4. The molecule has 1 aliphatic rings. The Labute approximate surface area is 115 Å². The quantitative estimate of drug-likeness (QED) is 0.676. The van der Waals surface area contributed by atoms with Crippen LogP contribution in [0.3, 0.4) is 0 Å². The summed E-state index contributed by atoms with van der Waals surface area (Å²) in [6.45, 7) is 4.41. The van der Waals surface area contributed by atoms with Gasteiger partial charge in [0.1, 0.15) is 5.75 Å². The lowest BCUT2D eigenvalue weighted by atomic mass is 9.76. The normalized spacial score (nSPS) is 19.8. The molecule has 0 amide bonds. The average molecular weight is 267 g/mol. The molecule has 2 rings (SSSR count). The van der Waals surface area contributed by atoms with E-state index in [1.807, 2.05) is 6.07 Å². The van der Waals surface area contributed by atoms with Crippen LogP contribution in [0, 0.1) is 12.3 Å². The molecule has 0 heterocycles. The fraction of sp³-hybridized carbons (Fsp3) is 0.625. The highest BCUT2D eigenvalue weighted by Gasteiger charge is 2.39. The fourth-order valence-electron chi connectivity index (χ4n) is 3.25. The number of alkyl halides is 1. The maximum atomic E-state index is 6.83. The fourth-order valence-corrected chi connectivity index (χ4v) is 3.87. The van der Waals surface area contributed by atoms with Gasteiger partial charge in [0.25, 0.3) is 0 Å². The number of hydrogen-bond acceptors (Lipinski definition) is 1. The van der Waals surface area contributed by atoms with E-state index in [1.54, 1.807) is 7.11 Å². The largest absolute Gasteiger partial charge is 0.497 e. The molecule has 1 aromatic rings. The number of aryl methyl sites for hydroxylation is 1. The van der Waals surface area contributed by atoms with Crippen LogP contribution >= 0.6 is 11.6 Å². The number of rotatable bonds is 4. The minimum Gasteiger partial charge on any atom is -0.497 e. The third kappa shape index (κ3) is 2.38. The number of methoxy groups -OCH3 is 1. The third-order valence-corrected chi connectivity index (χ3v) is 5.29. The van der Waals surface area contributed by atoms with Gasteiger partial charge in [0.05, 0.1) is 12.5 Å². The van der Waals surface area contributed by atoms with E-state index in [9.17, 15) is 0 Å². The van der Waals surface area contributed by atoms with Gasteiger partial charge in [0, 0.05) is 0 Å². The Balaban J connectivity index is 2.30. The van der Waals surface area contributed by atoms with Gasteiger partial charge in [0.2, 0.25) is 0 Å². The molecule has 1 aliphatic carbocycles.